The van der Waals surface area contributed by atoms with E-state index in [1.807, 2.05) is 0 Å². The van der Waals surface area contributed by atoms with Crippen molar-refractivity contribution in [3.8, 4) is 0 Å². The van der Waals surface area contributed by atoms with E-state index < -0.39 is 5.54 Å². The lowest BCUT2D eigenvalue weighted by molar-refractivity contribution is 0.190. The maximum Gasteiger partial charge on any atom is 0.246 e. The SMILES string of the molecule is CC1CCC(N)(c2nc(CCO)no2)CC1. The summed E-state index contributed by atoms with van der Waals surface area (Å²) in [7, 11) is 0. The van der Waals surface area contributed by atoms with E-state index in [1.54, 1.807) is 0 Å². The molecule has 0 radical (unpaired) electrons. The molecule has 1 heterocycles. The van der Waals surface area contributed by atoms with Crippen molar-refractivity contribution < 1.29 is 9.63 Å². The van der Waals surface area contributed by atoms with Gasteiger partial charge in [-0.25, -0.2) is 0 Å². The van der Waals surface area contributed by atoms with Gasteiger partial charge in [-0.2, -0.15) is 4.98 Å². The first kappa shape index (κ1) is 11.5. The fraction of sp³-hybridized carbons (Fsp3) is 0.818. The van der Waals surface area contributed by atoms with E-state index in [4.69, 9.17) is 15.4 Å². The molecule has 0 aromatic carbocycles. The lowest BCUT2D eigenvalue weighted by Gasteiger charge is -2.32. The second-order valence-electron chi connectivity index (χ2n) is 4.83. The van der Waals surface area contributed by atoms with Crippen LogP contribution in [-0.2, 0) is 12.0 Å². The Labute approximate surface area is 95.0 Å². The quantitative estimate of drug-likeness (QED) is 0.800. The molecule has 0 saturated heterocycles. The Kier molecular flexibility index (Phi) is 3.25. The van der Waals surface area contributed by atoms with E-state index in [0.717, 1.165) is 31.6 Å². The summed E-state index contributed by atoms with van der Waals surface area (Å²) in [6, 6.07) is 0. The third-order valence-electron chi connectivity index (χ3n) is 3.40. The van der Waals surface area contributed by atoms with E-state index in [0.29, 0.717) is 18.1 Å². The molecule has 1 aromatic heterocycles. The van der Waals surface area contributed by atoms with Gasteiger partial charge in [0.2, 0.25) is 5.89 Å². The van der Waals surface area contributed by atoms with E-state index in [-0.39, 0.29) is 6.61 Å². The predicted octanol–water partition coefficient (Wildman–Crippen LogP) is 0.968. The molecule has 5 nitrogen and oxygen atoms in total. The molecule has 0 spiro atoms. The molecular formula is C11H19N3O2. The van der Waals surface area contributed by atoms with Crippen molar-refractivity contribution in [1.29, 1.82) is 0 Å². The molecule has 1 fully saturated rings. The molecular weight excluding hydrogens is 206 g/mol. The zero-order chi connectivity index (χ0) is 11.6. The summed E-state index contributed by atoms with van der Waals surface area (Å²) in [4.78, 5) is 4.26. The smallest absolute Gasteiger partial charge is 0.246 e. The van der Waals surface area contributed by atoms with Crippen molar-refractivity contribution in [3.63, 3.8) is 0 Å². The lowest BCUT2D eigenvalue weighted by Crippen LogP contribution is -2.40. The van der Waals surface area contributed by atoms with Gasteiger partial charge in [-0.3, -0.25) is 0 Å². The Morgan fingerprint density at radius 1 is 1.50 bits per heavy atom. The van der Waals surface area contributed by atoms with Crippen molar-refractivity contribution in [2.24, 2.45) is 11.7 Å². The van der Waals surface area contributed by atoms with Gasteiger partial charge in [0.25, 0.3) is 0 Å². The molecule has 3 N–H and O–H groups in total. The summed E-state index contributed by atoms with van der Waals surface area (Å²) in [5, 5.41) is 12.6. The van der Waals surface area contributed by atoms with Gasteiger partial charge >= 0.3 is 0 Å². The van der Waals surface area contributed by atoms with E-state index in [2.05, 4.69) is 17.1 Å². The molecule has 0 bridgehead atoms. The third-order valence-corrected chi connectivity index (χ3v) is 3.40. The minimum atomic E-state index is -0.451. The molecule has 2 rings (SSSR count). The molecule has 1 aliphatic carbocycles. The maximum atomic E-state index is 8.79. The van der Waals surface area contributed by atoms with Gasteiger partial charge in [-0.1, -0.05) is 12.1 Å². The van der Waals surface area contributed by atoms with Gasteiger partial charge in [-0.05, 0) is 31.6 Å². The number of hydrogen-bond acceptors (Lipinski definition) is 5. The summed E-state index contributed by atoms with van der Waals surface area (Å²) >= 11 is 0. The van der Waals surface area contributed by atoms with Gasteiger partial charge in [-0.15, -0.1) is 0 Å². The van der Waals surface area contributed by atoms with Crippen molar-refractivity contribution in [2.75, 3.05) is 6.61 Å². The highest BCUT2D eigenvalue weighted by Crippen LogP contribution is 2.36. The Morgan fingerprint density at radius 2 is 2.19 bits per heavy atom. The van der Waals surface area contributed by atoms with Crippen LogP contribution in [0.1, 0.15) is 44.3 Å². The van der Waals surface area contributed by atoms with Gasteiger partial charge < -0.3 is 15.4 Å². The van der Waals surface area contributed by atoms with Crippen molar-refractivity contribution in [1.82, 2.24) is 10.1 Å². The fourth-order valence-electron chi connectivity index (χ4n) is 2.15. The highest BCUT2D eigenvalue weighted by atomic mass is 16.5. The summed E-state index contributed by atoms with van der Waals surface area (Å²) in [6.45, 7) is 2.28. The van der Waals surface area contributed by atoms with Gasteiger partial charge in [0, 0.05) is 6.42 Å². The molecule has 16 heavy (non-hydrogen) atoms. The molecule has 1 aliphatic rings. The molecule has 5 heteroatoms. The van der Waals surface area contributed by atoms with Crippen LogP contribution >= 0.6 is 0 Å². The monoisotopic (exact) mass is 225 g/mol. The van der Waals surface area contributed by atoms with E-state index in [9.17, 15) is 0 Å². The lowest BCUT2D eigenvalue weighted by atomic mass is 9.78. The van der Waals surface area contributed by atoms with E-state index in [1.165, 1.54) is 0 Å². The molecule has 1 saturated carbocycles. The van der Waals surface area contributed by atoms with Crippen molar-refractivity contribution >= 4 is 0 Å². The summed E-state index contributed by atoms with van der Waals surface area (Å²) < 4.78 is 5.20. The Balaban J connectivity index is 2.09. The summed E-state index contributed by atoms with van der Waals surface area (Å²) in [6.07, 6.45) is 4.43. The standard InChI is InChI=1S/C11H19N3O2/c1-8-2-5-11(12,6-3-8)10-13-9(4-7-15)14-16-10/h8,15H,2-7,12H2,1H3. The van der Waals surface area contributed by atoms with Crippen LogP contribution in [0.25, 0.3) is 0 Å². The number of aliphatic hydroxyl groups is 1. The Morgan fingerprint density at radius 3 is 2.81 bits per heavy atom. The Hall–Kier alpha value is -0.940. The fourth-order valence-corrected chi connectivity index (χ4v) is 2.15. The average molecular weight is 225 g/mol. The normalized spacial score (nSPS) is 30.6. The van der Waals surface area contributed by atoms with Crippen LogP contribution in [0.3, 0.4) is 0 Å². The molecule has 90 valence electrons. The number of hydrogen-bond donors (Lipinski definition) is 2. The van der Waals surface area contributed by atoms with Gasteiger partial charge in [0.15, 0.2) is 5.82 Å². The topological polar surface area (TPSA) is 85.2 Å². The number of rotatable bonds is 3. The molecule has 0 atom stereocenters. The highest BCUT2D eigenvalue weighted by molar-refractivity contribution is 5.04. The van der Waals surface area contributed by atoms with Gasteiger partial charge in [0.05, 0.1) is 12.1 Å². The number of nitrogens with two attached hydrogens (primary N) is 1. The second kappa shape index (κ2) is 4.51. The molecule has 1 aromatic rings. The molecule has 0 amide bonds. The van der Waals surface area contributed by atoms with Crippen LogP contribution in [0.2, 0.25) is 0 Å². The van der Waals surface area contributed by atoms with E-state index >= 15 is 0 Å². The van der Waals surface area contributed by atoms with Crippen LogP contribution < -0.4 is 5.73 Å². The number of aromatic nitrogens is 2. The zero-order valence-electron chi connectivity index (χ0n) is 9.65. The van der Waals surface area contributed by atoms with Gasteiger partial charge in [0.1, 0.15) is 0 Å². The summed E-state index contributed by atoms with van der Waals surface area (Å²) in [5.74, 6) is 1.81. The second-order valence-corrected chi connectivity index (χ2v) is 4.83. The minimum absolute atomic E-state index is 0.0353. The minimum Gasteiger partial charge on any atom is -0.396 e. The van der Waals surface area contributed by atoms with Crippen LogP contribution in [0.5, 0.6) is 0 Å². The first-order chi connectivity index (χ1) is 7.64. The van der Waals surface area contributed by atoms with Crippen LogP contribution in [0.4, 0.5) is 0 Å². The first-order valence-corrected chi connectivity index (χ1v) is 5.87. The summed E-state index contributed by atoms with van der Waals surface area (Å²) in [5.41, 5.74) is 5.84. The molecule has 0 unspecified atom stereocenters. The number of aliphatic hydroxyl groups excluding tert-OH is 1. The predicted molar refractivity (Wildman–Crippen MR) is 58.6 cm³/mol. The first-order valence-electron chi connectivity index (χ1n) is 5.87. The highest BCUT2D eigenvalue weighted by Gasteiger charge is 2.36. The third kappa shape index (κ3) is 2.25. The van der Waals surface area contributed by atoms with Crippen molar-refractivity contribution in [3.05, 3.63) is 11.7 Å². The van der Waals surface area contributed by atoms with Crippen LogP contribution in [-0.4, -0.2) is 21.9 Å². The number of nitrogens with zero attached hydrogens (tertiary/aromatic N) is 2. The Bertz CT molecular complexity index is 343. The van der Waals surface area contributed by atoms with Crippen LogP contribution in [0.15, 0.2) is 4.52 Å². The average Bonchev–Trinajstić information content (AvgIpc) is 2.73. The zero-order valence-corrected chi connectivity index (χ0v) is 9.65. The largest absolute Gasteiger partial charge is 0.396 e. The van der Waals surface area contributed by atoms with Crippen LogP contribution in [0, 0.1) is 5.92 Å². The maximum absolute atomic E-state index is 8.79. The van der Waals surface area contributed by atoms with Crippen molar-refractivity contribution in [2.45, 2.75) is 44.6 Å². The molecule has 0 aliphatic heterocycles.